The van der Waals surface area contributed by atoms with Gasteiger partial charge in [-0.2, -0.15) is 0 Å². The van der Waals surface area contributed by atoms with Crippen LogP contribution >= 0.6 is 0 Å². The van der Waals surface area contributed by atoms with E-state index in [4.69, 9.17) is 9.84 Å². The summed E-state index contributed by atoms with van der Waals surface area (Å²) in [5, 5.41) is 8.85. The van der Waals surface area contributed by atoms with Crippen molar-refractivity contribution in [1.29, 1.82) is 0 Å². The highest BCUT2D eigenvalue weighted by atomic mass is 16.7. The maximum absolute atomic E-state index is 10.8. The highest BCUT2D eigenvalue weighted by Crippen LogP contribution is 2.28. The average Bonchev–Trinajstić information content (AvgIpc) is 2.39. The van der Waals surface area contributed by atoms with Crippen molar-refractivity contribution in [1.82, 2.24) is 0 Å². The van der Waals surface area contributed by atoms with E-state index >= 15 is 0 Å². The first-order chi connectivity index (χ1) is 9.08. The number of hydrogen-bond donors (Lipinski definition) is 1. The molecule has 2 rings (SSSR count). The van der Waals surface area contributed by atoms with Crippen LogP contribution in [0.5, 0.6) is 5.75 Å². The van der Waals surface area contributed by atoms with Crippen molar-refractivity contribution >= 4 is 6.16 Å². The lowest BCUT2D eigenvalue weighted by Crippen LogP contribution is -2.08. The first-order valence-corrected chi connectivity index (χ1v) is 6.11. The molecule has 0 saturated carbocycles. The predicted octanol–water partition coefficient (Wildman–Crippen LogP) is 3.95. The lowest BCUT2D eigenvalue weighted by atomic mass is 9.99. The minimum absolute atomic E-state index is 0.455. The summed E-state index contributed by atoms with van der Waals surface area (Å²) in [6, 6.07) is 13.8. The van der Waals surface area contributed by atoms with Gasteiger partial charge in [0.2, 0.25) is 0 Å². The normalized spacial score (nSPS) is 10.2. The zero-order valence-corrected chi connectivity index (χ0v) is 11.0. The third-order valence-electron chi connectivity index (χ3n) is 3.19. The lowest BCUT2D eigenvalue weighted by Gasteiger charge is -2.13. The molecule has 0 atom stereocenters. The molecule has 2 aromatic rings. The fourth-order valence-corrected chi connectivity index (χ4v) is 2.03. The van der Waals surface area contributed by atoms with Crippen molar-refractivity contribution in [2.45, 2.75) is 20.3 Å². The molecule has 0 aromatic heterocycles. The van der Waals surface area contributed by atoms with Crippen LogP contribution in [-0.4, -0.2) is 11.3 Å². The molecule has 0 saturated heterocycles. The number of carbonyl (C=O) groups is 1. The Labute approximate surface area is 112 Å². The SMILES string of the molecule is Cc1ccc(Cc2ccccc2)c(OC(=O)O)c1C. The molecule has 0 unspecified atom stereocenters. The minimum atomic E-state index is -1.27. The van der Waals surface area contributed by atoms with E-state index in [1.807, 2.05) is 56.3 Å². The van der Waals surface area contributed by atoms with E-state index in [0.29, 0.717) is 12.2 Å². The van der Waals surface area contributed by atoms with Crippen LogP contribution in [0.4, 0.5) is 4.79 Å². The molecule has 0 heterocycles. The van der Waals surface area contributed by atoms with Crippen LogP contribution in [0.3, 0.4) is 0 Å². The maximum atomic E-state index is 10.8. The highest BCUT2D eigenvalue weighted by molar-refractivity contribution is 5.64. The van der Waals surface area contributed by atoms with Crippen LogP contribution in [-0.2, 0) is 6.42 Å². The van der Waals surface area contributed by atoms with Crippen LogP contribution in [0.2, 0.25) is 0 Å². The Morgan fingerprint density at radius 3 is 2.42 bits per heavy atom. The molecular weight excluding hydrogens is 240 g/mol. The van der Waals surface area contributed by atoms with Crippen molar-refractivity contribution in [3.05, 3.63) is 64.7 Å². The third-order valence-corrected chi connectivity index (χ3v) is 3.19. The summed E-state index contributed by atoms with van der Waals surface area (Å²) >= 11 is 0. The number of rotatable bonds is 3. The van der Waals surface area contributed by atoms with Crippen molar-refractivity contribution in [3.63, 3.8) is 0 Å². The van der Waals surface area contributed by atoms with Gasteiger partial charge in [-0.3, -0.25) is 0 Å². The molecular formula is C16H16O3. The zero-order chi connectivity index (χ0) is 13.8. The van der Waals surface area contributed by atoms with Crippen molar-refractivity contribution in [3.8, 4) is 5.75 Å². The quantitative estimate of drug-likeness (QED) is 0.668. The predicted molar refractivity (Wildman–Crippen MR) is 73.8 cm³/mol. The zero-order valence-electron chi connectivity index (χ0n) is 11.0. The summed E-state index contributed by atoms with van der Waals surface area (Å²) in [4.78, 5) is 10.8. The Morgan fingerprint density at radius 2 is 1.79 bits per heavy atom. The van der Waals surface area contributed by atoms with E-state index < -0.39 is 6.16 Å². The second kappa shape index (κ2) is 5.57. The number of aryl methyl sites for hydroxylation is 1. The van der Waals surface area contributed by atoms with Gasteiger partial charge in [0, 0.05) is 6.42 Å². The number of carboxylic acid groups (broad SMARTS) is 1. The summed E-state index contributed by atoms with van der Waals surface area (Å²) < 4.78 is 4.95. The standard InChI is InChI=1S/C16H16O3/c1-11-8-9-14(10-13-6-4-3-5-7-13)15(12(11)2)19-16(17)18/h3-9H,10H2,1-2H3,(H,17,18). The average molecular weight is 256 g/mol. The smallest absolute Gasteiger partial charge is 0.449 e. The molecule has 1 N–H and O–H groups in total. The maximum Gasteiger partial charge on any atom is 0.511 e. The summed E-state index contributed by atoms with van der Waals surface area (Å²) in [5.41, 5.74) is 3.90. The van der Waals surface area contributed by atoms with Gasteiger partial charge in [0.1, 0.15) is 5.75 Å². The summed E-state index contributed by atoms with van der Waals surface area (Å²) in [5.74, 6) is 0.455. The lowest BCUT2D eigenvalue weighted by molar-refractivity contribution is 0.143. The number of ether oxygens (including phenoxy) is 1. The molecule has 0 fully saturated rings. The minimum Gasteiger partial charge on any atom is -0.449 e. The van der Waals surface area contributed by atoms with Gasteiger partial charge < -0.3 is 9.84 Å². The Kier molecular flexibility index (Phi) is 3.85. The van der Waals surface area contributed by atoms with Crippen molar-refractivity contribution in [2.75, 3.05) is 0 Å². The summed E-state index contributed by atoms with van der Waals surface area (Å²) in [6.45, 7) is 3.82. The van der Waals surface area contributed by atoms with Gasteiger partial charge in [-0.05, 0) is 36.1 Å². The van der Waals surface area contributed by atoms with Gasteiger partial charge in [0.15, 0.2) is 0 Å². The largest absolute Gasteiger partial charge is 0.511 e. The van der Waals surface area contributed by atoms with E-state index in [-0.39, 0.29) is 0 Å². The molecule has 0 aliphatic heterocycles. The molecule has 3 heteroatoms. The van der Waals surface area contributed by atoms with Gasteiger partial charge in [-0.25, -0.2) is 4.79 Å². The van der Waals surface area contributed by atoms with Gasteiger partial charge in [-0.1, -0.05) is 42.5 Å². The second-order valence-corrected chi connectivity index (χ2v) is 4.53. The fourth-order valence-electron chi connectivity index (χ4n) is 2.03. The van der Waals surface area contributed by atoms with Crippen LogP contribution < -0.4 is 4.74 Å². The van der Waals surface area contributed by atoms with Gasteiger partial charge >= 0.3 is 6.16 Å². The molecule has 0 aliphatic carbocycles. The Balaban J connectivity index is 2.39. The van der Waals surface area contributed by atoms with Crippen molar-refractivity contribution in [2.24, 2.45) is 0 Å². The summed E-state index contributed by atoms with van der Waals surface area (Å²) in [6.07, 6.45) is -0.618. The molecule has 2 aromatic carbocycles. The van der Waals surface area contributed by atoms with Crippen LogP contribution in [0.15, 0.2) is 42.5 Å². The van der Waals surface area contributed by atoms with E-state index in [2.05, 4.69) is 0 Å². The van der Waals surface area contributed by atoms with E-state index in [0.717, 1.165) is 22.3 Å². The van der Waals surface area contributed by atoms with Gasteiger partial charge in [0.05, 0.1) is 0 Å². The second-order valence-electron chi connectivity index (χ2n) is 4.53. The monoisotopic (exact) mass is 256 g/mol. The third kappa shape index (κ3) is 3.13. The fraction of sp³-hybridized carbons (Fsp3) is 0.188. The Morgan fingerprint density at radius 1 is 1.11 bits per heavy atom. The molecule has 0 bridgehead atoms. The van der Waals surface area contributed by atoms with Crippen LogP contribution in [0, 0.1) is 13.8 Å². The molecule has 0 spiro atoms. The molecule has 19 heavy (non-hydrogen) atoms. The molecule has 3 nitrogen and oxygen atoms in total. The Hall–Kier alpha value is -2.29. The molecule has 0 aliphatic rings. The Bertz CT molecular complexity index is 588. The highest BCUT2D eigenvalue weighted by Gasteiger charge is 2.13. The van der Waals surface area contributed by atoms with Crippen LogP contribution in [0.25, 0.3) is 0 Å². The summed E-state index contributed by atoms with van der Waals surface area (Å²) in [7, 11) is 0. The van der Waals surface area contributed by atoms with E-state index in [1.165, 1.54) is 0 Å². The van der Waals surface area contributed by atoms with E-state index in [1.54, 1.807) is 0 Å². The topological polar surface area (TPSA) is 46.5 Å². The molecule has 0 amide bonds. The molecule has 98 valence electrons. The van der Waals surface area contributed by atoms with E-state index in [9.17, 15) is 4.79 Å². The van der Waals surface area contributed by atoms with Crippen LogP contribution in [0.1, 0.15) is 22.3 Å². The van der Waals surface area contributed by atoms with Gasteiger partial charge in [0.25, 0.3) is 0 Å². The van der Waals surface area contributed by atoms with Gasteiger partial charge in [-0.15, -0.1) is 0 Å². The number of benzene rings is 2. The first-order valence-electron chi connectivity index (χ1n) is 6.11. The molecule has 0 radical (unpaired) electrons. The van der Waals surface area contributed by atoms with Crippen molar-refractivity contribution < 1.29 is 14.6 Å². The first kappa shape index (κ1) is 13.1. The number of hydrogen-bond acceptors (Lipinski definition) is 2.